The monoisotopic (exact) mass is 331 g/mol. The number of quaternary nitrogens is 1. The third-order valence-electron chi connectivity index (χ3n) is 5.30. The van der Waals surface area contributed by atoms with E-state index in [2.05, 4.69) is 28.2 Å². The van der Waals surface area contributed by atoms with Crippen molar-refractivity contribution >= 4 is 11.6 Å². The van der Waals surface area contributed by atoms with Crippen LogP contribution < -0.4 is 20.1 Å². The SMILES string of the molecule is CC[NH+]1CCc2c(C#N)c(NCCO)[nH+]c(N3CCCCC3)c2C1. The molecule has 0 saturated carbocycles. The van der Waals surface area contributed by atoms with Gasteiger partial charge in [0, 0.05) is 6.42 Å². The standard InChI is InChI=1S/C18H27N5O/c1-2-22-10-6-14-15(12-19)17(20-7-11-24)21-18(16(14)13-22)23-8-4-3-5-9-23/h24H,2-11,13H2,1H3,(H,20,21)/p+2. The third-order valence-corrected chi connectivity index (χ3v) is 5.30. The number of piperidine rings is 1. The fourth-order valence-corrected chi connectivity index (χ4v) is 3.93. The zero-order valence-corrected chi connectivity index (χ0v) is 14.6. The molecule has 130 valence electrons. The first-order valence-corrected chi connectivity index (χ1v) is 9.22. The van der Waals surface area contributed by atoms with E-state index in [4.69, 9.17) is 5.11 Å². The fourth-order valence-electron chi connectivity index (χ4n) is 3.93. The van der Waals surface area contributed by atoms with Gasteiger partial charge in [0.25, 0.3) is 0 Å². The van der Waals surface area contributed by atoms with Crippen molar-refractivity contribution < 1.29 is 15.0 Å². The Hall–Kier alpha value is -1.84. The number of nitrogens with zero attached hydrogens (tertiary/aromatic N) is 2. The van der Waals surface area contributed by atoms with Crippen LogP contribution >= 0.6 is 0 Å². The highest BCUT2D eigenvalue weighted by molar-refractivity contribution is 5.61. The highest BCUT2D eigenvalue weighted by atomic mass is 16.3. The molecule has 1 atom stereocenters. The molecule has 0 aromatic carbocycles. The van der Waals surface area contributed by atoms with E-state index in [9.17, 15) is 5.26 Å². The van der Waals surface area contributed by atoms with Crippen LogP contribution in [-0.4, -0.2) is 44.4 Å². The van der Waals surface area contributed by atoms with E-state index in [1.54, 1.807) is 4.90 Å². The van der Waals surface area contributed by atoms with Crippen LogP contribution in [0.3, 0.4) is 0 Å². The number of rotatable bonds is 5. The van der Waals surface area contributed by atoms with Gasteiger partial charge in [-0.3, -0.25) is 4.90 Å². The number of aliphatic hydroxyl groups is 1. The maximum atomic E-state index is 9.71. The van der Waals surface area contributed by atoms with Crippen LogP contribution in [0.1, 0.15) is 42.9 Å². The van der Waals surface area contributed by atoms with Crippen molar-refractivity contribution in [3.63, 3.8) is 0 Å². The summed E-state index contributed by atoms with van der Waals surface area (Å²) in [5, 5.41) is 22.1. The van der Waals surface area contributed by atoms with Crippen LogP contribution in [0.4, 0.5) is 11.6 Å². The molecule has 24 heavy (non-hydrogen) atoms. The number of aromatic amines is 1. The molecule has 1 fully saturated rings. The Labute approximate surface area is 144 Å². The Bertz CT molecular complexity index is 619. The number of fused-ring (bicyclic) bond motifs is 1. The van der Waals surface area contributed by atoms with Crippen molar-refractivity contribution in [1.29, 1.82) is 5.26 Å². The lowest BCUT2D eigenvalue weighted by atomic mass is 9.94. The highest BCUT2D eigenvalue weighted by Crippen LogP contribution is 2.29. The maximum absolute atomic E-state index is 9.71. The molecule has 0 aliphatic carbocycles. The average molecular weight is 331 g/mol. The highest BCUT2D eigenvalue weighted by Gasteiger charge is 2.32. The molecule has 6 nitrogen and oxygen atoms in total. The molecule has 0 bridgehead atoms. The molecule has 0 radical (unpaired) electrons. The topological polar surface area (TPSA) is 77.9 Å². The molecule has 3 rings (SSSR count). The summed E-state index contributed by atoms with van der Waals surface area (Å²) in [4.78, 5) is 7.54. The Morgan fingerprint density at radius 3 is 2.75 bits per heavy atom. The van der Waals surface area contributed by atoms with Gasteiger partial charge in [-0.05, 0) is 31.7 Å². The van der Waals surface area contributed by atoms with Crippen molar-refractivity contribution in [2.24, 2.45) is 0 Å². The third kappa shape index (κ3) is 3.33. The smallest absolute Gasteiger partial charge is 0.237 e. The van der Waals surface area contributed by atoms with E-state index >= 15 is 0 Å². The van der Waals surface area contributed by atoms with Crippen LogP contribution in [0.2, 0.25) is 0 Å². The Morgan fingerprint density at radius 2 is 2.08 bits per heavy atom. The minimum atomic E-state index is 0.0581. The van der Waals surface area contributed by atoms with Crippen LogP contribution in [0.25, 0.3) is 0 Å². The van der Waals surface area contributed by atoms with E-state index in [1.165, 1.54) is 36.2 Å². The summed E-state index contributed by atoms with van der Waals surface area (Å²) in [6, 6.07) is 2.39. The lowest BCUT2D eigenvalue weighted by Crippen LogP contribution is -3.11. The van der Waals surface area contributed by atoms with Gasteiger partial charge in [0.15, 0.2) is 0 Å². The molecule has 1 unspecified atom stereocenters. The van der Waals surface area contributed by atoms with E-state index in [0.29, 0.717) is 6.54 Å². The van der Waals surface area contributed by atoms with E-state index < -0.39 is 0 Å². The maximum Gasteiger partial charge on any atom is 0.237 e. The number of pyridine rings is 1. The summed E-state index contributed by atoms with van der Waals surface area (Å²) in [5.74, 6) is 1.96. The summed E-state index contributed by atoms with van der Waals surface area (Å²) in [5.41, 5.74) is 3.26. The van der Waals surface area contributed by atoms with Crippen molar-refractivity contribution in [3.8, 4) is 6.07 Å². The largest absolute Gasteiger partial charge is 0.393 e. The second kappa shape index (κ2) is 7.82. The van der Waals surface area contributed by atoms with Crippen LogP contribution in [0.5, 0.6) is 0 Å². The molecule has 1 saturated heterocycles. The Kier molecular flexibility index (Phi) is 5.54. The number of hydrogen-bond acceptors (Lipinski definition) is 4. The Balaban J connectivity index is 2.06. The molecule has 1 aromatic rings. The van der Waals surface area contributed by atoms with E-state index in [0.717, 1.165) is 50.5 Å². The number of anilines is 2. The summed E-state index contributed by atoms with van der Waals surface area (Å²) in [7, 11) is 0. The second-order valence-electron chi connectivity index (χ2n) is 6.77. The average Bonchev–Trinajstić information content (AvgIpc) is 2.65. The molecular formula is C18H29N5O+2. The number of aromatic nitrogens is 1. The van der Waals surface area contributed by atoms with E-state index in [1.807, 2.05) is 0 Å². The molecule has 2 aliphatic rings. The van der Waals surface area contributed by atoms with Gasteiger partial charge in [-0.1, -0.05) is 0 Å². The van der Waals surface area contributed by atoms with E-state index in [-0.39, 0.29) is 6.61 Å². The van der Waals surface area contributed by atoms with Crippen LogP contribution in [0.15, 0.2) is 0 Å². The minimum Gasteiger partial charge on any atom is -0.393 e. The van der Waals surface area contributed by atoms with Gasteiger partial charge in [0.1, 0.15) is 18.2 Å². The fraction of sp³-hybridized carbons (Fsp3) is 0.667. The van der Waals surface area contributed by atoms with Gasteiger partial charge in [-0.15, -0.1) is 0 Å². The number of likely N-dealkylation sites (N-methyl/N-ethyl adjacent to an activating group) is 1. The number of hydrogen-bond donors (Lipinski definition) is 3. The van der Waals surface area contributed by atoms with Gasteiger partial charge in [0.05, 0.1) is 44.9 Å². The molecule has 6 heteroatoms. The van der Waals surface area contributed by atoms with Gasteiger partial charge >= 0.3 is 0 Å². The second-order valence-corrected chi connectivity index (χ2v) is 6.77. The summed E-state index contributed by atoms with van der Waals surface area (Å²) < 4.78 is 0. The van der Waals surface area contributed by atoms with Crippen molar-refractivity contribution in [1.82, 2.24) is 0 Å². The normalized spacial score (nSPS) is 20.4. The lowest BCUT2D eigenvalue weighted by Gasteiger charge is -2.31. The van der Waals surface area contributed by atoms with Gasteiger partial charge in [-0.25, -0.2) is 4.98 Å². The van der Waals surface area contributed by atoms with Crippen LogP contribution in [0, 0.1) is 11.3 Å². The molecule has 2 aliphatic heterocycles. The zero-order valence-electron chi connectivity index (χ0n) is 14.6. The Morgan fingerprint density at radius 1 is 1.29 bits per heavy atom. The zero-order chi connectivity index (χ0) is 16.9. The molecule has 0 amide bonds. The van der Waals surface area contributed by atoms with Crippen molar-refractivity contribution in [3.05, 3.63) is 16.7 Å². The number of H-pyrrole nitrogens is 1. The summed E-state index contributed by atoms with van der Waals surface area (Å²) in [6.07, 6.45) is 4.71. The van der Waals surface area contributed by atoms with Gasteiger partial charge in [0.2, 0.25) is 11.6 Å². The van der Waals surface area contributed by atoms with Crippen molar-refractivity contribution in [2.75, 3.05) is 49.5 Å². The lowest BCUT2D eigenvalue weighted by molar-refractivity contribution is -0.914. The van der Waals surface area contributed by atoms with Gasteiger partial charge < -0.3 is 15.3 Å². The molecule has 3 heterocycles. The quantitative estimate of drug-likeness (QED) is 0.694. The minimum absolute atomic E-state index is 0.0581. The van der Waals surface area contributed by atoms with Gasteiger partial charge in [-0.2, -0.15) is 5.26 Å². The number of nitrogens with one attached hydrogen (secondary N) is 3. The number of aliphatic hydroxyl groups excluding tert-OH is 1. The van der Waals surface area contributed by atoms with Crippen LogP contribution in [-0.2, 0) is 13.0 Å². The summed E-state index contributed by atoms with van der Waals surface area (Å²) in [6.45, 7) is 8.09. The number of nitriles is 1. The first kappa shape index (κ1) is 17.0. The predicted octanol–water partition coefficient (Wildman–Crippen LogP) is -0.272. The predicted molar refractivity (Wildman–Crippen MR) is 93.1 cm³/mol. The molecule has 1 aromatic heterocycles. The van der Waals surface area contributed by atoms with Crippen molar-refractivity contribution in [2.45, 2.75) is 39.2 Å². The first-order chi connectivity index (χ1) is 11.8. The molecule has 0 spiro atoms. The summed E-state index contributed by atoms with van der Waals surface area (Å²) >= 11 is 0. The molecular weight excluding hydrogens is 302 g/mol. The first-order valence-electron chi connectivity index (χ1n) is 9.22. The molecule has 4 N–H and O–H groups in total.